The number of aryl methyl sites for hydroxylation is 1. The Bertz CT molecular complexity index is 1350. The van der Waals surface area contributed by atoms with Gasteiger partial charge in [-0.3, -0.25) is 19.7 Å². The predicted molar refractivity (Wildman–Crippen MR) is 139 cm³/mol. The van der Waals surface area contributed by atoms with Gasteiger partial charge in [0.05, 0.1) is 33.3 Å². The molecule has 0 saturated carbocycles. The molecule has 9 heteroatoms. The molecule has 2 aromatic carbocycles. The highest BCUT2D eigenvalue weighted by molar-refractivity contribution is 8.03. The van der Waals surface area contributed by atoms with Crippen molar-refractivity contribution in [2.45, 2.75) is 39.5 Å². The van der Waals surface area contributed by atoms with E-state index >= 15 is 0 Å². The van der Waals surface area contributed by atoms with E-state index in [9.17, 15) is 25.0 Å². The van der Waals surface area contributed by atoms with Crippen LogP contribution < -0.4 is 10.6 Å². The topological polar surface area (TPSA) is 125 Å². The van der Waals surface area contributed by atoms with E-state index in [4.69, 9.17) is 0 Å². The van der Waals surface area contributed by atoms with E-state index in [0.717, 1.165) is 5.56 Å². The second-order valence-electron chi connectivity index (χ2n) is 9.80. The quantitative estimate of drug-likeness (QED) is 0.403. The maximum absolute atomic E-state index is 13.3. The normalized spacial score (nSPS) is 18.7. The molecule has 0 unspecified atom stereocenters. The van der Waals surface area contributed by atoms with Gasteiger partial charge in [0, 0.05) is 35.5 Å². The Kier molecular flexibility index (Phi) is 7.00. The summed E-state index contributed by atoms with van der Waals surface area (Å²) in [6, 6.07) is 15.7. The van der Waals surface area contributed by atoms with Gasteiger partial charge in [-0.05, 0) is 36.5 Å². The molecule has 0 saturated heterocycles. The van der Waals surface area contributed by atoms with Crippen LogP contribution in [0.2, 0.25) is 0 Å². The molecule has 184 valence electrons. The summed E-state index contributed by atoms with van der Waals surface area (Å²) in [6.45, 7) is 5.97. The molecule has 2 aliphatic rings. The van der Waals surface area contributed by atoms with Crippen LogP contribution in [-0.2, 0) is 9.59 Å². The number of nitrogens with zero attached hydrogens (tertiary/aromatic N) is 2. The summed E-state index contributed by atoms with van der Waals surface area (Å²) < 4.78 is 0. The second kappa shape index (κ2) is 9.99. The number of Topliss-reactive ketones (excluding diaryl/α,β-unsaturated/α-hetero) is 1. The van der Waals surface area contributed by atoms with Crippen LogP contribution >= 0.6 is 11.8 Å². The van der Waals surface area contributed by atoms with Crippen LogP contribution in [0.3, 0.4) is 0 Å². The van der Waals surface area contributed by atoms with Crippen molar-refractivity contribution in [1.82, 2.24) is 5.32 Å². The molecule has 0 aromatic heterocycles. The van der Waals surface area contributed by atoms with Gasteiger partial charge in [-0.2, -0.15) is 5.26 Å². The van der Waals surface area contributed by atoms with Crippen molar-refractivity contribution >= 4 is 34.8 Å². The molecular weight excluding hydrogens is 476 g/mol. The zero-order valence-corrected chi connectivity index (χ0v) is 21.1. The average molecular weight is 503 g/mol. The van der Waals surface area contributed by atoms with E-state index < -0.39 is 10.8 Å². The number of nitro groups is 1. The van der Waals surface area contributed by atoms with Gasteiger partial charge in [0.1, 0.15) is 0 Å². The van der Waals surface area contributed by atoms with Crippen LogP contribution in [-0.4, -0.2) is 22.4 Å². The first-order valence-electron chi connectivity index (χ1n) is 11.5. The maximum Gasteiger partial charge on any atom is 0.269 e. The summed E-state index contributed by atoms with van der Waals surface area (Å²) in [5, 5.41) is 28.2. The fraction of sp³-hybridized carbons (Fsp3) is 0.296. The smallest absolute Gasteiger partial charge is 0.269 e. The molecular formula is C27H26N4O4S. The van der Waals surface area contributed by atoms with Crippen LogP contribution in [0.1, 0.15) is 43.7 Å². The van der Waals surface area contributed by atoms with Gasteiger partial charge in [0.2, 0.25) is 5.91 Å². The van der Waals surface area contributed by atoms with Crippen molar-refractivity contribution in [1.29, 1.82) is 5.26 Å². The molecule has 4 rings (SSSR count). The molecule has 1 amide bonds. The summed E-state index contributed by atoms with van der Waals surface area (Å²) in [5.74, 6) is -1.01. The van der Waals surface area contributed by atoms with Gasteiger partial charge in [-0.1, -0.05) is 55.4 Å². The number of thioether (sulfide) groups is 1. The molecule has 0 radical (unpaired) electrons. The van der Waals surface area contributed by atoms with E-state index in [1.54, 1.807) is 12.1 Å². The van der Waals surface area contributed by atoms with E-state index in [-0.39, 0.29) is 34.1 Å². The van der Waals surface area contributed by atoms with Crippen molar-refractivity contribution in [3.05, 3.63) is 91.6 Å². The minimum absolute atomic E-state index is 0.0446. The van der Waals surface area contributed by atoms with Gasteiger partial charge < -0.3 is 10.6 Å². The molecule has 2 N–H and O–H groups in total. The first-order valence-corrected chi connectivity index (χ1v) is 12.5. The Morgan fingerprint density at radius 2 is 1.97 bits per heavy atom. The lowest BCUT2D eigenvalue weighted by molar-refractivity contribution is -0.384. The highest BCUT2D eigenvalue weighted by atomic mass is 32.2. The zero-order chi connectivity index (χ0) is 26.0. The Morgan fingerprint density at radius 1 is 1.25 bits per heavy atom. The van der Waals surface area contributed by atoms with Gasteiger partial charge >= 0.3 is 0 Å². The highest BCUT2D eigenvalue weighted by Crippen LogP contribution is 2.48. The number of non-ortho nitro benzene ring substituents is 1. The number of nitriles is 1. The number of benzene rings is 2. The first kappa shape index (κ1) is 25.2. The molecule has 0 fully saturated rings. The third kappa shape index (κ3) is 5.34. The molecule has 1 heterocycles. The summed E-state index contributed by atoms with van der Waals surface area (Å²) >= 11 is 1.18. The van der Waals surface area contributed by atoms with Crippen LogP contribution in [0.5, 0.6) is 0 Å². The second-order valence-corrected chi connectivity index (χ2v) is 10.8. The largest absolute Gasteiger partial charge is 0.352 e. The third-order valence-corrected chi connectivity index (χ3v) is 7.24. The Labute approximate surface area is 213 Å². The molecule has 1 aliphatic heterocycles. The van der Waals surface area contributed by atoms with Crippen LogP contribution in [0.4, 0.5) is 11.4 Å². The summed E-state index contributed by atoms with van der Waals surface area (Å²) in [6.07, 6.45) is 0.900. The average Bonchev–Trinajstić information content (AvgIpc) is 2.82. The van der Waals surface area contributed by atoms with Gasteiger partial charge in [0.15, 0.2) is 5.78 Å². The number of anilines is 1. The van der Waals surface area contributed by atoms with Crippen LogP contribution in [0.15, 0.2) is 70.4 Å². The summed E-state index contributed by atoms with van der Waals surface area (Å²) in [4.78, 5) is 36.8. The number of rotatable bonds is 6. The monoisotopic (exact) mass is 502 g/mol. The van der Waals surface area contributed by atoms with E-state index in [0.29, 0.717) is 40.4 Å². The Morgan fingerprint density at radius 3 is 2.64 bits per heavy atom. The standard InChI is InChI=1S/C27H26N4O4S/c1-16-7-9-18(10-8-16)29-23(33)15-36-26-20(14-28)24(17-5-4-6-19(11-17)31(34)35)25-21(30-26)12-27(2,3)13-22(25)32/h4-11,24,30H,12-13,15H2,1-3H3,(H,29,33)/t24-/m0/s1. The number of allylic oxidation sites excluding steroid dienone is 3. The lowest BCUT2D eigenvalue weighted by Gasteiger charge is -2.39. The Hall–Kier alpha value is -3.90. The number of carbonyl (C=O) groups is 2. The number of dihydropyridines is 1. The number of nitro benzene ring substituents is 1. The minimum Gasteiger partial charge on any atom is -0.352 e. The van der Waals surface area contributed by atoms with Crippen LogP contribution in [0.25, 0.3) is 0 Å². The van der Waals surface area contributed by atoms with E-state index in [2.05, 4.69) is 16.7 Å². The van der Waals surface area contributed by atoms with Crippen molar-refractivity contribution in [3.8, 4) is 6.07 Å². The number of carbonyl (C=O) groups excluding carboxylic acids is 2. The molecule has 2 aromatic rings. The molecule has 36 heavy (non-hydrogen) atoms. The van der Waals surface area contributed by atoms with Crippen molar-refractivity contribution in [2.75, 3.05) is 11.1 Å². The minimum atomic E-state index is -0.739. The lowest BCUT2D eigenvalue weighted by Crippen LogP contribution is -2.37. The van der Waals surface area contributed by atoms with Crippen LogP contribution in [0, 0.1) is 33.8 Å². The first-order chi connectivity index (χ1) is 17.1. The fourth-order valence-corrected chi connectivity index (χ4v) is 5.48. The lowest BCUT2D eigenvalue weighted by atomic mass is 9.69. The van der Waals surface area contributed by atoms with E-state index in [1.165, 1.54) is 23.9 Å². The number of ketones is 1. The summed E-state index contributed by atoms with van der Waals surface area (Å²) in [7, 11) is 0. The van der Waals surface area contributed by atoms with Gasteiger partial charge in [0.25, 0.3) is 5.69 Å². The fourth-order valence-electron chi connectivity index (χ4n) is 4.61. The zero-order valence-electron chi connectivity index (χ0n) is 20.3. The van der Waals surface area contributed by atoms with Crippen molar-refractivity contribution in [3.63, 3.8) is 0 Å². The van der Waals surface area contributed by atoms with Crippen molar-refractivity contribution in [2.24, 2.45) is 5.41 Å². The molecule has 0 bridgehead atoms. The summed E-state index contributed by atoms with van der Waals surface area (Å²) in [5.41, 5.74) is 3.32. The molecule has 0 spiro atoms. The number of nitrogens with one attached hydrogen (secondary N) is 2. The number of hydrogen-bond donors (Lipinski definition) is 2. The van der Waals surface area contributed by atoms with Gasteiger partial charge in [-0.15, -0.1) is 0 Å². The Balaban J connectivity index is 1.68. The van der Waals surface area contributed by atoms with Gasteiger partial charge in [-0.25, -0.2) is 0 Å². The molecule has 1 aliphatic carbocycles. The maximum atomic E-state index is 13.3. The molecule has 8 nitrogen and oxygen atoms in total. The highest BCUT2D eigenvalue weighted by Gasteiger charge is 2.42. The predicted octanol–water partition coefficient (Wildman–Crippen LogP) is 5.34. The van der Waals surface area contributed by atoms with E-state index in [1.807, 2.05) is 45.0 Å². The SMILES string of the molecule is Cc1ccc(NC(=O)CSC2=C(C#N)[C@H](c3cccc([N+](=O)[O-])c3)C3=C(CC(C)(C)CC3=O)N2)cc1. The number of amides is 1. The van der Waals surface area contributed by atoms with Crippen molar-refractivity contribution < 1.29 is 14.5 Å². The third-order valence-electron chi connectivity index (χ3n) is 6.22. The number of hydrogen-bond acceptors (Lipinski definition) is 7. The molecule has 1 atom stereocenters.